The molecule has 0 aliphatic carbocycles. The maximum Gasteiger partial charge on any atom is 0.158 e. The Morgan fingerprint density at radius 3 is 2.74 bits per heavy atom. The largest absolute Gasteiger partial charge is 0.355 e. The summed E-state index contributed by atoms with van der Waals surface area (Å²) in [5.74, 6) is 0. The number of thiazole rings is 1. The van der Waals surface area contributed by atoms with Gasteiger partial charge in [0.1, 0.15) is 5.01 Å². The van der Waals surface area contributed by atoms with Gasteiger partial charge in [0.25, 0.3) is 0 Å². The lowest BCUT2D eigenvalue weighted by molar-refractivity contribution is -0.104. The number of benzene rings is 1. The van der Waals surface area contributed by atoms with Crippen LogP contribution < -0.4 is 11.1 Å². The Kier molecular flexibility index (Phi) is 7.04. The maximum absolute atomic E-state index is 10.9. The van der Waals surface area contributed by atoms with Crippen molar-refractivity contribution in [2.45, 2.75) is 18.9 Å². The third-order valence-corrected chi connectivity index (χ3v) is 4.95. The van der Waals surface area contributed by atoms with E-state index in [2.05, 4.69) is 26.2 Å². The molecular weight excluding hydrogens is 394 g/mol. The van der Waals surface area contributed by atoms with Gasteiger partial charge in [0.15, 0.2) is 6.29 Å². The molecule has 1 aromatic heterocycles. The molecule has 0 aliphatic heterocycles. The van der Waals surface area contributed by atoms with Crippen molar-refractivity contribution in [1.82, 2.24) is 10.3 Å². The van der Waals surface area contributed by atoms with Crippen molar-refractivity contribution in [3.8, 4) is 10.6 Å². The molecule has 4 nitrogen and oxygen atoms in total. The molecule has 120 valence electrons. The summed E-state index contributed by atoms with van der Waals surface area (Å²) < 4.78 is 0.463. The summed E-state index contributed by atoms with van der Waals surface area (Å²) in [7, 11) is 0. The molecule has 1 heterocycles. The van der Waals surface area contributed by atoms with Crippen molar-refractivity contribution >= 4 is 51.3 Å². The topological polar surface area (TPSA) is 68.0 Å². The monoisotopic (exact) mass is 409 g/mol. The summed E-state index contributed by atoms with van der Waals surface area (Å²) in [6, 6.07) is 7.98. The first-order valence-electron chi connectivity index (χ1n) is 6.95. The maximum atomic E-state index is 10.9. The van der Waals surface area contributed by atoms with Gasteiger partial charge in [-0.05, 0) is 34.3 Å². The quantitative estimate of drug-likeness (QED) is 0.392. The van der Waals surface area contributed by atoms with Crippen LogP contribution in [0.15, 0.2) is 46.0 Å². The van der Waals surface area contributed by atoms with E-state index >= 15 is 0 Å². The van der Waals surface area contributed by atoms with Gasteiger partial charge in [0, 0.05) is 28.9 Å². The van der Waals surface area contributed by atoms with Crippen molar-refractivity contribution < 1.29 is 4.79 Å². The number of carbonyl (C=O) groups excluding carboxylic acids is 1. The third kappa shape index (κ3) is 5.04. The zero-order chi connectivity index (χ0) is 16.7. The zero-order valence-corrected chi connectivity index (χ0v) is 15.5. The molecule has 23 heavy (non-hydrogen) atoms. The minimum Gasteiger partial charge on any atom is -0.355 e. The molecule has 2 rings (SSSR count). The van der Waals surface area contributed by atoms with Gasteiger partial charge in [-0.1, -0.05) is 36.5 Å². The Balaban J connectivity index is 2.01. The molecule has 0 aliphatic rings. The van der Waals surface area contributed by atoms with Crippen molar-refractivity contribution in [2.24, 2.45) is 5.73 Å². The Bertz CT molecular complexity index is 684. The SMILES string of the molecule is NC(CC/C(NC=S)=C(\Br)C=O)c1ccc(-c2nccs2)cc1. The number of thiocarbonyl (C=S) groups is 1. The van der Waals surface area contributed by atoms with E-state index in [0.717, 1.165) is 28.1 Å². The number of carbonyl (C=O) groups is 1. The van der Waals surface area contributed by atoms with Gasteiger partial charge in [-0.15, -0.1) is 11.3 Å². The van der Waals surface area contributed by atoms with E-state index in [-0.39, 0.29) is 6.04 Å². The smallest absolute Gasteiger partial charge is 0.158 e. The average Bonchev–Trinajstić information content (AvgIpc) is 3.12. The van der Waals surface area contributed by atoms with Crippen LogP contribution in [0.25, 0.3) is 10.6 Å². The van der Waals surface area contributed by atoms with E-state index in [1.165, 1.54) is 5.49 Å². The second kappa shape index (κ2) is 9.02. The molecule has 1 atom stereocenters. The summed E-state index contributed by atoms with van der Waals surface area (Å²) in [5, 5.41) is 5.85. The minimum absolute atomic E-state index is 0.116. The molecule has 7 heteroatoms. The van der Waals surface area contributed by atoms with E-state index < -0.39 is 0 Å². The molecule has 0 spiro atoms. The predicted octanol–water partition coefficient (Wildman–Crippen LogP) is 3.94. The standard InChI is InChI=1S/C16H16BrN3OS2/c17-13(9-21)15(20-10-22)6-5-14(18)11-1-3-12(4-2-11)16-19-7-8-23-16/h1-4,7-10,14H,5-6,18H2,(H,20,22)/b15-13+. The number of halogens is 1. The lowest BCUT2D eigenvalue weighted by Gasteiger charge is -2.14. The van der Waals surface area contributed by atoms with E-state index in [4.69, 9.17) is 18.0 Å². The number of nitrogens with two attached hydrogens (primary N) is 1. The van der Waals surface area contributed by atoms with Crippen LogP contribution in [-0.4, -0.2) is 16.8 Å². The van der Waals surface area contributed by atoms with Crippen LogP contribution in [0, 0.1) is 0 Å². The Labute approximate surface area is 152 Å². The molecule has 1 unspecified atom stereocenters. The van der Waals surface area contributed by atoms with Crippen LogP contribution in [0.1, 0.15) is 24.4 Å². The highest BCUT2D eigenvalue weighted by Crippen LogP contribution is 2.25. The zero-order valence-electron chi connectivity index (χ0n) is 12.2. The minimum atomic E-state index is -0.116. The molecule has 3 N–H and O–H groups in total. The van der Waals surface area contributed by atoms with E-state index in [1.807, 2.05) is 29.6 Å². The van der Waals surface area contributed by atoms with Gasteiger partial charge >= 0.3 is 0 Å². The van der Waals surface area contributed by atoms with Crippen molar-refractivity contribution in [2.75, 3.05) is 0 Å². The van der Waals surface area contributed by atoms with Gasteiger partial charge in [0.2, 0.25) is 0 Å². The van der Waals surface area contributed by atoms with Crippen molar-refractivity contribution in [3.05, 3.63) is 51.6 Å². The van der Waals surface area contributed by atoms with Crippen molar-refractivity contribution in [1.29, 1.82) is 0 Å². The van der Waals surface area contributed by atoms with Crippen LogP contribution in [-0.2, 0) is 4.79 Å². The summed E-state index contributed by atoms with van der Waals surface area (Å²) >= 11 is 9.60. The van der Waals surface area contributed by atoms with Gasteiger partial charge in [0.05, 0.1) is 9.97 Å². The molecule has 0 radical (unpaired) electrons. The van der Waals surface area contributed by atoms with E-state index in [9.17, 15) is 4.79 Å². The summed E-state index contributed by atoms with van der Waals surface area (Å²) in [6.45, 7) is 0. The molecular formula is C16H16BrN3OS2. The molecule has 2 aromatic rings. The molecule has 0 saturated carbocycles. The Morgan fingerprint density at radius 1 is 1.43 bits per heavy atom. The van der Waals surface area contributed by atoms with Crippen LogP contribution in [0.3, 0.4) is 0 Å². The average molecular weight is 410 g/mol. The van der Waals surface area contributed by atoms with Crippen molar-refractivity contribution in [3.63, 3.8) is 0 Å². The van der Waals surface area contributed by atoms with Crippen LogP contribution in [0.2, 0.25) is 0 Å². The van der Waals surface area contributed by atoms with E-state index in [1.54, 1.807) is 17.5 Å². The molecule has 1 aromatic carbocycles. The number of hydrogen-bond acceptors (Lipinski definition) is 5. The molecule has 0 saturated heterocycles. The molecule has 0 fully saturated rings. The highest BCUT2D eigenvalue weighted by molar-refractivity contribution is 9.12. The first-order chi connectivity index (χ1) is 11.2. The van der Waals surface area contributed by atoms with Gasteiger partial charge in [-0.3, -0.25) is 4.79 Å². The number of rotatable bonds is 8. The van der Waals surface area contributed by atoms with Crippen LogP contribution in [0.4, 0.5) is 0 Å². The Morgan fingerprint density at radius 2 is 2.17 bits per heavy atom. The number of aldehydes is 1. The van der Waals surface area contributed by atoms with Gasteiger partial charge in [-0.25, -0.2) is 4.98 Å². The number of nitrogens with zero attached hydrogens (tertiary/aromatic N) is 1. The highest BCUT2D eigenvalue weighted by atomic mass is 79.9. The Hall–Kier alpha value is -1.41. The first kappa shape index (κ1) is 17.9. The summed E-state index contributed by atoms with van der Waals surface area (Å²) in [6.07, 6.45) is 3.87. The fourth-order valence-electron chi connectivity index (χ4n) is 2.11. The normalized spacial score (nSPS) is 13.1. The van der Waals surface area contributed by atoms with Gasteiger partial charge in [-0.2, -0.15) is 0 Å². The second-order valence-corrected chi connectivity index (χ2v) is 6.80. The molecule has 0 amide bonds. The number of allylic oxidation sites excluding steroid dienone is 2. The van der Waals surface area contributed by atoms with Crippen LogP contribution >= 0.6 is 39.5 Å². The second-order valence-electron chi connectivity index (χ2n) is 4.81. The predicted molar refractivity (Wildman–Crippen MR) is 103 cm³/mol. The summed E-state index contributed by atoms with van der Waals surface area (Å²) in [4.78, 5) is 15.1. The first-order valence-corrected chi connectivity index (χ1v) is 9.09. The lowest BCUT2D eigenvalue weighted by atomic mass is 10.0. The number of hydrogen-bond donors (Lipinski definition) is 2. The van der Waals surface area contributed by atoms with Crippen LogP contribution in [0.5, 0.6) is 0 Å². The number of nitrogens with one attached hydrogen (secondary N) is 1. The molecule has 0 bridgehead atoms. The third-order valence-electron chi connectivity index (χ3n) is 3.35. The number of aromatic nitrogens is 1. The van der Waals surface area contributed by atoms with Gasteiger partial charge < -0.3 is 11.1 Å². The summed E-state index contributed by atoms with van der Waals surface area (Å²) in [5.41, 5.74) is 10.5. The fraction of sp³-hybridized carbons (Fsp3) is 0.188. The lowest BCUT2D eigenvalue weighted by Crippen LogP contribution is -2.15. The fourth-order valence-corrected chi connectivity index (χ4v) is 3.21. The highest BCUT2D eigenvalue weighted by Gasteiger charge is 2.10. The van der Waals surface area contributed by atoms with E-state index in [0.29, 0.717) is 17.3 Å².